The molecule has 0 saturated carbocycles. The van der Waals surface area contributed by atoms with E-state index in [1.807, 2.05) is 30.3 Å². The van der Waals surface area contributed by atoms with Crippen LogP contribution in [-0.2, 0) is 21.2 Å². The molecule has 2 rings (SSSR count). The number of ether oxygens (including phenoxy) is 1. The Bertz CT molecular complexity index is 805. The molecule has 0 atom stereocenters. The highest BCUT2D eigenvalue weighted by molar-refractivity contribution is 7.92. The Hall–Kier alpha value is -2.54. The fraction of sp³-hybridized carbons (Fsp3) is 0.316. The molecule has 1 N–H and O–H groups in total. The summed E-state index contributed by atoms with van der Waals surface area (Å²) in [6.07, 6.45) is 1.93. The summed E-state index contributed by atoms with van der Waals surface area (Å²) in [4.78, 5) is 11.8. The van der Waals surface area contributed by atoms with Crippen LogP contribution in [-0.4, -0.2) is 40.3 Å². The van der Waals surface area contributed by atoms with Crippen molar-refractivity contribution in [1.82, 2.24) is 5.32 Å². The van der Waals surface area contributed by atoms with Gasteiger partial charge in [0, 0.05) is 13.1 Å². The number of sulfonamides is 1. The third-order valence-corrected chi connectivity index (χ3v) is 5.03. The van der Waals surface area contributed by atoms with Crippen LogP contribution in [0.15, 0.2) is 54.6 Å². The molecule has 0 fully saturated rings. The standard InChI is InChI=1S/C19H24N2O4S/c1-3-21(26(2,23)24)17-9-11-18(12-10-17)25-15-19(22)20-14-13-16-7-5-4-6-8-16/h4-12H,3,13-15H2,1-2H3,(H,20,22). The van der Waals surface area contributed by atoms with E-state index >= 15 is 0 Å². The molecule has 1 amide bonds. The highest BCUT2D eigenvalue weighted by atomic mass is 32.2. The molecular weight excluding hydrogens is 352 g/mol. The Labute approximate surface area is 154 Å². The predicted molar refractivity (Wildman–Crippen MR) is 103 cm³/mol. The van der Waals surface area contributed by atoms with Crippen molar-refractivity contribution in [1.29, 1.82) is 0 Å². The van der Waals surface area contributed by atoms with Gasteiger partial charge in [0.2, 0.25) is 10.0 Å². The maximum absolute atomic E-state index is 11.8. The minimum absolute atomic E-state index is 0.0856. The highest BCUT2D eigenvalue weighted by Crippen LogP contribution is 2.21. The minimum Gasteiger partial charge on any atom is -0.484 e. The van der Waals surface area contributed by atoms with Crippen LogP contribution in [0, 0.1) is 0 Å². The summed E-state index contributed by atoms with van der Waals surface area (Å²) in [5.74, 6) is 0.313. The van der Waals surface area contributed by atoms with Crippen molar-refractivity contribution >= 4 is 21.6 Å². The van der Waals surface area contributed by atoms with E-state index in [1.165, 1.54) is 10.6 Å². The fourth-order valence-electron chi connectivity index (χ4n) is 2.51. The lowest BCUT2D eigenvalue weighted by atomic mass is 10.1. The lowest BCUT2D eigenvalue weighted by Crippen LogP contribution is -2.30. The third kappa shape index (κ3) is 6.07. The number of benzene rings is 2. The van der Waals surface area contributed by atoms with Crippen molar-refractivity contribution in [3.63, 3.8) is 0 Å². The monoisotopic (exact) mass is 376 g/mol. The Morgan fingerprint density at radius 2 is 1.73 bits per heavy atom. The fourth-order valence-corrected chi connectivity index (χ4v) is 3.48. The predicted octanol–water partition coefficient (Wildman–Crippen LogP) is 2.21. The van der Waals surface area contributed by atoms with Crippen LogP contribution in [0.5, 0.6) is 5.75 Å². The van der Waals surface area contributed by atoms with Crippen LogP contribution in [0.25, 0.3) is 0 Å². The first-order chi connectivity index (χ1) is 12.4. The van der Waals surface area contributed by atoms with Gasteiger partial charge in [0.15, 0.2) is 6.61 Å². The van der Waals surface area contributed by atoms with E-state index < -0.39 is 10.0 Å². The van der Waals surface area contributed by atoms with Gasteiger partial charge in [0.05, 0.1) is 11.9 Å². The average Bonchev–Trinajstić information content (AvgIpc) is 2.61. The first-order valence-corrected chi connectivity index (χ1v) is 10.3. The first kappa shape index (κ1) is 19.8. The smallest absolute Gasteiger partial charge is 0.257 e. The van der Waals surface area contributed by atoms with Crippen molar-refractivity contribution < 1.29 is 17.9 Å². The maximum atomic E-state index is 11.8. The average molecular weight is 376 g/mol. The van der Waals surface area contributed by atoms with Crippen LogP contribution in [0.4, 0.5) is 5.69 Å². The molecule has 2 aromatic rings. The van der Waals surface area contributed by atoms with Crippen LogP contribution in [0.2, 0.25) is 0 Å². The molecule has 26 heavy (non-hydrogen) atoms. The summed E-state index contributed by atoms with van der Waals surface area (Å²) < 4.78 is 30.2. The Balaban J connectivity index is 1.79. The van der Waals surface area contributed by atoms with E-state index in [4.69, 9.17) is 4.74 Å². The zero-order valence-electron chi connectivity index (χ0n) is 15.0. The lowest BCUT2D eigenvalue weighted by molar-refractivity contribution is -0.123. The second-order valence-corrected chi connectivity index (χ2v) is 7.70. The third-order valence-electron chi connectivity index (χ3n) is 3.76. The number of amides is 1. The van der Waals surface area contributed by atoms with Crippen LogP contribution >= 0.6 is 0 Å². The van der Waals surface area contributed by atoms with Gasteiger partial charge in [-0.25, -0.2) is 8.42 Å². The number of anilines is 1. The van der Waals surface area contributed by atoms with Crippen molar-refractivity contribution in [3.8, 4) is 5.75 Å². The van der Waals surface area contributed by atoms with Gasteiger partial charge in [0.25, 0.3) is 5.91 Å². The summed E-state index contributed by atoms with van der Waals surface area (Å²) in [5.41, 5.74) is 1.73. The van der Waals surface area contributed by atoms with Crippen molar-refractivity contribution in [2.24, 2.45) is 0 Å². The molecular formula is C19H24N2O4S. The van der Waals surface area contributed by atoms with Gasteiger partial charge in [-0.2, -0.15) is 0 Å². The molecule has 0 aliphatic heterocycles. The van der Waals surface area contributed by atoms with E-state index in [-0.39, 0.29) is 12.5 Å². The molecule has 0 unspecified atom stereocenters. The summed E-state index contributed by atoms with van der Waals surface area (Å²) in [7, 11) is -3.31. The molecule has 0 heterocycles. The van der Waals surface area contributed by atoms with Crippen LogP contribution in [0.3, 0.4) is 0 Å². The van der Waals surface area contributed by atoms with Gasteiger partial charge in [-0.15, -0.1) is 0 Å². The molecule has 0 aromatic heterocycles. The maximum Gasteiger partial charge on any atom is 0.257 e. The summed E-state index contributed by atoms with van der Waals surface area (Å²) in [5, 5.41) is 2.81. The summed E-state index contributed by atoms with van der Waals surface area (Å²) in [6, 6.07) is 16.5. The number of carbonyl (C=O) groups excluding carboxylic acids is 1. The van der Waals surface area contributed by atoms with Gasteiger partial charge in [-0.05, 0) is 43.2 Å². The van der Waals surface area contributed by atoms with E-state index in [0.29, 0.717) is 24.5 Å². The second kappa shape index (κ2) is 9.24. The molecule has 0 spiro atoms. The number of hydrogen-bond donors (Lipinski definition) is 1. The van der Waals surface area contributed by atoms with E-state index in [2.05, 4.69) is 5.32 Å². The molecule has 2 aromatic carbocycles. The van der Waals surface area contributed by atoms with E-state index in [0.717, 1.165) is 12.0 Å². The van der Waals surface area contributed by atoms with Crippen molar-refractivity contribution in [2.75, 3.05) is 30.3 Å². The van der Waals surface area contributed by atoms with Crippen molar-refractivity contribution in [3.05, 3.63) is 60.2 Å². The number of nitrogens with zero attached hydrogens (tertiary/aromatic N) is 1. The van der Waals surface area contributed by atoms with Gasteiger partial charge < -0.3 is 10.1 Å². The lowest BCUT2D eigenvalue weighted by Gasteiger charge is -2.20. The highest BCUT2D eigenvalue weighted by Gasteiger charge is 2.15. The minimum atomic E-state index is -3.31. The van der Waals surface area contributed by atoms with Gasteiger partial charge in [-0.3, -0.25) is 9.10 Å². The van der Waals surface area contributed by atoms with Gasteiger partial charge in [-0.1, -0.05) is 30.3 Å². The summed E-state index contributed by atoms with van der Waals surface area (Å²) >= 11 is 0. The van der Waals surface area contributed by atoms with Crippen LogP contribution in [0.1, 0.15) is 12.5 Å². The molecule has 6 nitrogen and oxygen atoms in total. The quantitative estimate of drug-likeness (QED) is 0.728. The summed E-state index contributed by atoms with van der Waals surface area (Å²) in [6.45, 7) is 2.58. The Kier molecular flexibility index (Phi) is 7.03. The number of hydrogen-bond acceptors (Lipinski definition) is 4. The number of carbonyl (C=O) groups is 1. The Morgan fingerprint density at radius 3 is 2.31 bits per heavy atom. The van der Waals surface area contributed by atoms with Crippen LogP contribution < -0.4 is 14.4 Å². The largest absolute Gasteiger partial charge is 0.484 e. The van der Waals surface area contributed by atoms with Gasteiger partial charge >= 0.3 is 0 Å². The molecule has 0 aliphatic carbocycles. The van der Waals surface area contributed by atoms with Crippen molar-refractivity contribution in [2.45, 2.75) is 13.3 Å². The molecule has 0 radical (unpaired) electrons. The molecule has 7 heteroatoms. The van der Waals surface area contributed by atoms with Gasteiger partial charge in [0.1, 0.15) is 5.75 Å². The second-order valence-electron chi connectivity index (χ2n) is 5.80. The number of rotatable bonds is 9. The molecule has 0 bridgehead atoms. The zero-order valence-corrected chi connectivity index (χ0v) is 15.8. The first-order valence-electron chi connectivity index (χ1n) is 8.41. The zero-order chi connectivity index (χ0) is 19.0. The topological polar surface area (TPSA) is 75.7 Å². The molecule has 140 valence electrons. The normalized spacial score (nSPS) is 11.0. The molecule has 0 saturated heterocycles. The Morgan fingerprint density at radius 1 is 1.08 bits per heavy atom. The molecule has 0 aliphatic rings. The van der Waals surface area contributed by atoms with E-state index in [9.17, 15) is 13.2 Å². The number of nitrogens with one attached hydrogen (secondary N) is 1. The SMILES string of the molecule is CCN(c1ccc(OCC(=O)NCCc2ccccc2)cc1)S(C)(=O)=O. The van der Waals surface area contributed by atoms with E-state index in [1.54, 1.807) is 31.2 Å².